The molecule has 0 saturated carbocycles. The van der Waals surface area contributed by atoms with Gasteiger partial charge < -0.3 is 15.0 Å². The summed E-state index contributed by atoms with van der Waals surface area (Å²) in [6, 6.07) is 3.93. The number of hydrogen-bond donors (Lipinski definition) is 1. The number of nitrogens with one attached hydrogen (secondary N) is 1. The van der Waals surface area contributed by atoms with Gasteiger partial charge in [-0.1, -0.05) is 23.4 Å². The third kappa shape index (κ3) is 5.79. The Morgan fingerprint density at radius 3 is 2.79 bits per heavy atom. The fraction of sp³-hybridized carbons (Fsp3) is 0.429. The number of benzene rings is 1. The van der Waals surface area contributed by atoms with E-state index in [0.29, 0.717) is 12.3 Å². The highest BCUT2D eigenvalue weighted by atomic mass is 35.5. The van der Waals surface area contributed by atoms with E-state index in [1.54, 1.807) is 4.90 Å². The first-order chi connectivity index (χ1) is 11.2. The molecule has 0 aromatic heterocycles. The summed E-state index contributed by atoms with van der Waals surface area (Å²) in [7, 11) is 0. The number of alkyl halides is 3. The standard InChI is InChI=1S/C14H14ClF3N2O3S/c15-9-1-2-11(23-8-14(16,17)18)10(7-9)19-12(21)3-4-20-5-6-24-13(20)22/h1-2,7H,3-6,8H2,(H,19,21). The highest BCUT2D eigenvalue weighted by Crippen LogP contribution is 2.30. The number of nitrogens with zero attached hydrogens (tertiary/aromatic N) is 1. The van der Waals surface area contributed by atoms with Crippen LogP contribution in [0.25, 0.3) is 0 Å². The quantitative estimate of drug-likeness (QED) is 0.813. The lowest BCUT2D eigenvalue weighted by atomic mass is 10.2. The van der Waals surface area contributed by atoms with Gasteiger partial charge >= 0.3 is 6.18 Å². The summed E-state index contributed by atoms with van der Waals surface area (Å²) in [5.74, 6) is 0.112. The van der Waals surface area contributed by atoms with E-state index < -0.39 is 18.7 Å². The molecule has 1 saturated heterocycles. The van der Waals surface area contributed by atoms with Gasteiger partial charge in [0.1, 0.15) is 5.75 Å². The molecular formula is C14H14ClF3N2O3S. The molecule has 1 aromatic rings. The molecule has 0 aliphatic carbocycles. The van der Waals surface area contributed by atoms with Crippen LogP contribution in [0.3, 0.4) is 0 Å². The monoisotopic (exact) mass is 382 g/mol. The molecule has 10 heteroatoms. The van der Waals surface area contributed by atoms with Crippen molar-refractivity contribution in [2.45, 2.75) is 12.6 Å². The number of anilines is 1. The summed E-state index contributed by atoms with van der Waals surface area (Å²) < 4.78 is 41.5. The first kappa shape index (κ1) is 18.7. The van der Waals surface area contributed by atoms with Crippen molar-refractivity contribution in [2.75, 3.05) is 30.8 Å². The Balaban J connectivity index is 1.95. The maximum Gasteiger partial charge on any atom is 0.422 e. The van der Waals surface area contributed by atoms with Crippen LogP contribution in [0.5, 0.6) is 5.75 Å². The van der Waals surface area contributed by atoms with Crippen LogP contribution in [-0.2, 0) is 4.79 Å². The van der Waals surface area contributed by atoms with Crippen LogP contribution in [-0.4, -0.2) is 47.7 Å². The highest BCUT2D eigenvalue weighted by Gasteiger charge is 2.29. The van der Waals surface area contributed by atoms with Crippen LogP contribution in [0.15, 0.2) is 18.2 Å². The fourth-order valence-corrected chi connectivity index (χ4v) is 2.99. The van der Waals surface area contributed by atoms with E-state index >= 15 is 0 Å². The number of amides is 2. The van der Waals surface area contributed by atoms with Gasteiger partial charge in [-0.15, -0.1) is 0 Å². The minimum atomic E-state index is -4.49. The molecule has 0 spiro atoms. The van der Waals surface area contributed by atoms with Gasteiger partial charge in [0.15, 0.2) is 6.61 Å². The van der Waals surface area contributed by atoms with Gasteiger partial charge in [0.2, 0.25) is 5.91 Å². The molecule has 1 N–H and O–H groups in total. The van der Waals surface area contributed by atoms with Crippen LogP contribution in [0, 0.1) is 0 Å². The van der Waals surface area contributed by atoms with Crippen LogP contribution in [0.1, 0.15) is 6.42 Å². The molecule has 0 radical (unpaired) electrons. The Kier molecular flexibility index (Phi) is 6.22. The predicted octanol–water partition coefficient (Wildman–Crippen LogP) is 3.78. The minimum absolute atomic E-state index is 0.0253. The van der Waals surface area contributed by atoms with Crippen LogP contribution in [0.4, 0.5) is 23.7 Å². The molecule has 1 aromatic carbocycles. The molecule has 24 heavy (non-hydrogen) atoms. The van der Waals surface area contributed by atoms with E-state index in [4.69, 9.17) is 11.6 Å². The van der Waals surface area contributed by atoms with Crippen molar-refractivity contribution >= 4 is 40.2 Å². The van der Waals surface area contributed by atoms with Crippen molar-refractivity contribution in [3.05, 3.63) is 23.2 Å². The second kappa shape index (κ2) is 7.98. The SMILES string of the molecule is O=C(CCN1CCSC1=O)Nc1cc(Cl)ccc1OCC(F)(F)F. The average Bonchev–Trinajstić information content (AvgIpc) is 2.88. The molecule has 0 atom stereocenters. The molecule has 1 fully saturated rings. The number of ether oxygens (including phenoxy) is 1. The molecule has 2 rings (SSSR count). The van der Waals surface area contributed by atoms with Gasteiger partial charge in [0.25, 0.3) is 5.24 Å². The second-order valence-corrected chi connectivity index (χ2v) is 6.43. The maximum atomic E-state index is 12.3. The average molecular weight is 383 g/mol. The summed E-state index contributed by atoms with van der Waals surface area (Å²) >= 11 is 6.99. The zero-order valence-electron chi connectivity index (χ0n) is 12.4. The van der Waals surface area contributed by atoms with Gasteiger partial charge in [0, 0.05) is 30.3 Å². The summed E-state index contributed by atoms with van der Waals surface area (Å²) in [6.07, 6.45) is -4.47. The predicted molar refractivity (Wildman–Crippen MR) is 85.7 cm³/mol. The van der Waals surface area contributed by atoms with Gasteiger partial charge in [-0.2, -0.15) is 13.2 Å². The number of thioether (sulfide) groups is 1. The van der Waals surface area contributed by atoms with Gasteiger partial charge in [-0.25, -0.2) is 0 Å². The molecule has 5 nitrogen and oxygen atoms in total. The Morgan fingerprint density at radius 2 is 2.17 bits per heavy atom. The maximum absolute atomic E-state index is 12.3. The lowest BCUT2D eigenvalue weighted by Gasteiger charge is -2.16. The number of hydrogen-bond acceptors (Lipinski definition) is 4. The Bertz CT molecular complexity index is 628. The molecule has 1 aliphatic heterocycles. The van der Waals surface area contributed by atoms with Gasteiger partial charge in [-0.3, -0.25) is 9.59 Å². The lowest BCUT2D eigenvalue weighted by Crippen LogP contribution is -2.28. The second-order valence-electron chi connectivity index (χ2n) is 4.94. The smallest absolute Gasteiger partial charge is 0.422 e. The van der Waals surface area contributed by atoms with Crippen LogP contribution >= 0.6 is 23.4 Å². The van der Waals surface area contributed by atoms with E-state index in [1.807, 2.05) is 0 Å². The lowest BCUT2D eigenvalue weighted by molar-refractivity contribution is -0.153. The van der Waals surface area contributed by atoms with Crippen molar-refractivity contribution in [3.8, 4) is 5.75 Å². The number of carbonyl (C=O) groups excluding carboxylic acids is 2. The summed E-state index contributed by atoms with van der Waals surface area (Å²) in [5.41, 5.74) is 0.0545. The number of carbonyl (C=O) groups is 2. The molecule has 0 bridgehead atoms. The van der Waals surface area contributed by atoms with E-state index in [9.17, 15) is 22.8 Å². The van der Waals surface area contributed by atoms with Gasteiger partial charge in [-0.05, 0) is 18.2 Å². The normalized spacial score (nSPS) is 14.8. The van der Waals surface area contributed by atoms with Crippen molar-refractivity contribution in [2.24, 2.45) is 0 Å². The van der Waals surface area contributed by atoms with Crippen molar-refractivity contribution in [3.63, 3.8) is 0 Å². The van der Waals surface area contributed by atoms with Crippen LogP contribution < -0.4 is 10.1 Å². The summed E-state index contributed by atoms with van der Waals surface area (Å²) in [5, 5.41) is 2.63. The van der Waals surface area contributed by atoms with E-state index in [2.05, 4.69) is 10.1 Å². The molecule has 1 aliphatic rings. The highest BCUT2D eigenvalue weighted by molar-refractivity contribution is 8.13. The Labute approximate surface area is 145 Å². The van der Waals surface area contributed by atoms with Crippen molar-refractivity contribution in [1.82, 2.24) is 4.90 Å². The largest absolute Gasteiger partial charge is 0.482 e. The number of halogens is 4. The van der Waals surface area contributed by atoms with E-state index in [-0.39, 0.29) is 34.7 Å². The zero-order valence-corrected chi connectivity index (χ0v) is 13.9. The summed E-state index contributed by atoms with van der Waals surface area (Å²) in [6.45, 7) is -0.651. The zero-order chi connectivity index (χ0) is 17.7. The molecule has 1 heterocycles. The first-order valence-corrected chi connectivity index (χ1v) is 8.31. The first-order valence-electron chi connectivity index (χ1n) is 6.95. The fourth-order valence-electron chi connectivity index (χ4n) is 1.96. The Morgan fingerprint density at radius 1 is 1.42 bits per heavy atom. The summed E-state index contributed by atoms with van der Waals surface area (Å²) in [4.78, 5) is 24.9. The van der Waals surface area contributed by atoms with Crippen LogP contribution in [0.2, 0.25) is 5.02 Å². The topological polar surface area (TPSA) is 58.6 Å². The van der Waals surface area contributed by atoms with Gasteiger partial charge in [0.05, 0.1) is 5.69 Å². The molecular weight excluding hydrogens is 369 g/mol. The third-order valence-electron chi connectivity index (χ3n) is 3.06. The van der Waals surface area contributed by atoms with Crippen molar-refractivity contribution < 1.29 is 27.5 Å². The van der Waals surface area contributed by atoms with Crippen molar-refractivity contribution in [1.29, 1.82) is 0 Å². The molecule has 2 amide bonds. The number of rotatable bonds is 6. The molecule has 0 unspecified atom stereocenters. The van der Waals surface area contributed by atoms with E-state index in [0.717, 1.165) is 0 Å². The Hall–Kier alpha value is -1.61. The third-order valence-corrected chi connectivity index (χ3v) is 4.19. The van der Waals surface area contributed by atoms with E-state index in [1.165, 1.54) is 30.0 Å². The minimum Gasteiger partial charge on any atom is -0.482 e. The molecule has 132 valence electrons.